The van der Waals surface area contributed by atoms with Crippen LogP contribution >= 0.6 is 0 Å². The number of sulfonamides is 1. The van der Waals surface area contributed by atoms with Gasteiger partial charge in [0, 0.05) is 30.8 Å². The van der Waals surface area contributed by atoms with Crippen molar-refractivity contribution in [2.24, 2.45) is 0 Å². The number of hydrogen-bond acceptors (Lipinski definition) is 3. The minimum Gasteiger partial charge on any atom is -0.264 e. The highest BCUT2D eigenvalue weighted by molar-refractivity contribution is 7.88. The van der Waals surface area contributed by atoms with Crippen LogP contribution in [0.1, 0.15) is 32.0 Å². The molecule has 2 rings (SSSR count). The monoisotopic (exact) mass is 257 g/mol. The fourth-order valence-electron chi connectivity index (χ4n) is 2.17. The summed E-state index contributed by atoms with van der Waals surface area (Å²) in [4.78, 5) is 0. The highest BCUT2D eigenvalue weighted by Crippen LogP contribution is 2.25. The molecular weight excluding hydrogens is 238 g/mol. The topological polar surface area (TPSA) is 55.2 Å². The van der Waals surface area contributed by atoms with Gasteiger partial charge in [-0.05, 0) is 20.8 Å². The van der Waals surface area contributed by atoms with Crippen LogP contribution in [0.3, 0.4) is 0 Å². The Kier molecular flexibility index (Phi) is 2.82. The Hall–Kier alpha value is -0.880. The van der Waals surface area contributed by atoms with E-state index in [1.807, 2.05) is 4.68 Å². The van der Waals surface area contributed by atoms with Gasteiger partial charge >= 0.3 is 0 Å². The second-order valence-electron chi connectivity index (χ2n) is 5.55. The van der Waals surface area contributed by atoms with Gasteiger partial charge in [0.15, 0.2) is 0 Å². The highest BCUT2D eigenvalue weighted by Gasteiger charge is 2.28. The molecule has 0 atom stereocenters. The summed E-state index contributed by atoms with van der Waals surface area (Å²) in [7, 11) is -3.10. The maximum atomic E-state index is 11.5. The Morgan fingerprint density at radius 2 is 2.00 bits per heavy atom. The quantitative estimate of drug-likeness (QED) is 0.753. The van der Waals surface area contributed by atoms with Crippen LogP contribution in [-0.2, 0) is 28.5 Å². The molecule has 0 spiro atoms. The SMILES string of the molecule is CC(C)(C)n1ncc2c1CCN(S(C)(=O)=O)C2. The van der Waals surface area contributed by atoms with E-state index in [2.05, 4.69) is 25.9 Å². The Morgan fingerprint density at radius 1 is 1.35 bits per heavy atom. The average molecular weight is 257 g/mol. The summed E-state index contributed by atoms with van der Waals surface area (Å²) in [6.07, 6.45) is 3.78. The first kappa shape index (κ1) is 12.6. The minimum absolute atomic E-state index is 0.0547. The molecule has 0 amide bonds. The van der Waals surface area contributed by atoms with Crippen molar-refractivity contribution in [1.29, 1.82) is 0 Å². The standard InChI is InChI=1S/C11H19N3O2S/c1-11(2,3)14-10-5-6-13(17(4,15)16)8-9(10)7-12-14/h7H,5-6,8H2,1-4H3. The molecule has 17 heavy (non-hydrogen) atoms. The Morgan fingerprint density at radius 3 is 2.53 bits per heavy atom. The fourth-order valence-corrected chi connectivity index (χ4v) is 2.96. The lowest BCUT2D eigenvalue weighted by Gasteiger charge is -2.28. The summed E-state index contributed by atoms with van der Waals surface area (Å²) in [5.41, 5.74) is 2.13. The molecule has 1 aliphatic rings. The Bertz CT molecular complexity index is 525. The summed E-state index contributed by atoms with van der Waals surface area (Å²) >= 11 is 0. The van der Waals surface area contributed by atoms with Gasteiger partial charge in [-0.15, -0.1) is 0 Å². The van der Waals surface area contributed by atoms with E-state index in [4.69, 9.17) is 0 Å². The summed E-state index contributed by atoms with van der Waals surface area (Å²) < 4.78 is 26.5. The molecule has 6 heteroatoms. The number of fused-ring (bicyclic) bond motifs is 1. The lowest BCUT2D eigenvalue weighted by atomic mass is 10.1. The summed E-state index contributed by atoms with van der Waals surface area (Å²) in [5, 5.41) is 4.38. The molecule has 0 aromatic carbocycles. The maximum absolute atomic E-state index is 11.5. The van der Waals surface area contributed by atoms with E-state index in [1.165, 1.54) is 10.6 Å². The van der Waals surface area contributed by atoms with Crippen LogP contribution in [0.25, 0.3) is 0 Å². The van der Waals surface area contributed by atoms with Gasteiger partial charge in [-0.2, -0.15) is 9.40 Å². The molecule has 0 unspecified atom stereocenters. The van der Waals surface area contributed by atoms with Crippen molar-refractivity contribution in [2.45, 2.75) is 39.3 Å². The Balaban J connectivity index is 2.34. The van der Waals surface area contributed by atoms with Crippen molar-refractivity contribution in [2.75, 3.05) is 12.8 Å². The van der Waals surface area contributed by atoms with Crippen molar-refractivity contribution < 1.29 is 8.42 Å². The third-order valence-corrected chi connectivity index (χ3v) is 4.25. The smallest absolute Gasteiger partial charge is 0.211 e. The average Bonchev–Trinajstić information content (AvgIpc) is 2.57. The van der Waals surface area contributed by atoms with Crippen LogP contribution in [0.15, 0.2) is 6.20 Å². The van der Waals surface area contributed by atoms with Crippen molar-refractivity contribution in [3.63, 3.8) is 0 Å². The molecule has 1 aromatic heterocycles. The highest BCUT2D eigenvalue weighted by atomic mass is 32.2. The normalized spacial score (nSPS) is 18.1. The zero-order valence-corrected chi connectivity index (χ0v) is 11.6. The fraction of sp³-hybridized carbons (Fsp3) is 0.727. The lowest BCUT2D eigenvalue weighted by molar-refractivity contribution is 0.325. The van der Waals surface area contributed by atoms with Crippen LogP contribution in [-0.4, -0.2) is 35.3 Å². The van der Waals surface area contributed by atoms with Gasteiger partial charge in [0.25, 0.3) is 0 Å². The molecule has 0 bridgehead atoms. The maximum Gasteiger partial charge on any atom is 0.211 e. The first-order chi connectivity index (χ1) is 7.69. The van der Waals surface area contributed by atoms with Gasteiger partial charge in [-0.25, -0.2) is 8.42 Å². The van der Waals surface area contributed by atoms with Crippen LogP contribution < -0.4 is 0 Å². The predicted molar refractivity (Wildman–Crippen MR) is 66.2 cm³/mol. The molecule has 1 aromatic rings. The summed E-state index contributed by atoms with van der Waals surface area (Å²) in [6, 6.07) is 0. The molecule has 0 aliphatic carbocycles. The second kappa shape index (κ2) is 3.81. The predicted octanol–water partition coefficient (Wildman–Crippen LogP) is 0.956. The largest absolute Gasteiger partial charge is 0.264 e. The van der Waals surface area contributed by atoms with Gasteiger partial charge in [0.05, 0.1) is 18.0 Å². The van der Waals surface area contributed by atoms with Crippen LogP contribution in [0.5, 0.6) is 0 Å². The first-order valence-electron chi connectivity index (χ1n) is 5.71. The van der Waals surface area contributed by atoms with Gasteiger partial charge < -0.3 is 0 Å². The van der Waals surface area contributed by atoms with Crippen molar-refractivity contribution in [1.82, 2.24) is 14.1 Å². The number of aromatic nitrogens is 2. The van der Waals surface area contributed by atoms with E-state index < -0.39 is 10.0 Å². The van der Waals surface area contributed by atoms with Crippen LogP contribution in [0.4, 0.5) is 0 Å². The van der Waals surface area contributed by atoms with E-state index in [0.717, 1.165) is 17.7 Å². The number of hydrogen-bond donors (Lipinski definition) is 0. The molecule has 5 nitrogen and oxygen atoms in total. The van der Waals surface area contributed by atoms with Gasteiger partial charge in [0.1, 0.15) is 0 Å². The molecule has 0 N–H and O–H groups in total. The molecule has 0 fully saturated rings. The van der Waals surface area contributed by atoms with E-state index in [0.29, 0.717) is 13.1 Å². The first-order valence-corrected chi connectivity index (χ1v) is 7.56. The summed E-state index contributed by atoms with van der Waals surface area (Å²) in [5.74, 6) is 0. The minimum atomic E-state index is -3.10. The number of rotatable bonds is 1. The van der Waals surface area contributed by atoms with E-state index in [-0.39, 0.29) is 5.54 Å². The van der Waals surface area contributed by atoms with Crippen LogP contribution in [0, 0.1) is 0 Å². The van der Waals surface area contributed by atoms with E-state index >= 15 is 0 Å². The molecular formula is C11H19N3O2S. The number of nitrogens with zero attached hydrogens (tertiary/aromatic N) is 3. The zero-order valence-electron chi connectivity index (χ0n) is 10.8. The second-order valence-corrected chi connectivity index (χ2v) is 7.53. The Labute approximate surface area is 102 Å². The van der Waals surface area contributed by atoms with Crippen molar-refractivity contribution >= 4 is 10.0 Å². The van der Waals surface area contributed by atoms with E-state index in [9.17, 15) is 8.42 Å². The van der Waals surface area contributed by atoms with Gasteiger partial charge in [-0.1, -0.05) is 0 Å². The van der Waals surface area contributed by atoms with Gasteiger partial charge in [0.2, 0.25) is 10.0 Å². The van der Waals surface area contributed by atoms with E-state index in [1.54, 1.807) is 6.20 Å². The lowest BCUT2D eigenvalue weighted by Crippen LogP contribution is -2.36. The van der Waals surface area contributed by atoms with Crippen molar-refractivity contribution in [3.05, 3.63) is 17.5 Å². The van der Waals surface area contributed by atoms with Crippen LogP contribution in [0.2, 0.25) is 0 Å². The third-order valence-electron chi connectivity index (χ3n) is 3.00. The third kappa shape index (κ3) is 2.37. The molecule has 0 saturated heterocycles. The van der Waals surface area contributed by atoms with Crippen molar-refractivity contribution in [3.8, 4) is 0 Å². The summed E-state index contributed by atoms with van der Waals surface area (Å²) in [6.45, 7) is 7.30. The molecule has 2 heterocycles. The zero-order chi connectivity index (χ0) is 12.8. The molecule has 1 aliphatic heterocycles. The molecule has 96 valence electrons. The van der Waals surface area contributed by atoms with Gasteiger partial charge in [-0.3, -0.25) is 4.68 Å². The molecule has 0 radical (unpaired) electrons. The molecule has 0 saturated carbocycles.